The van der Waals surface area contributed by atoms with Crippen LogP contribution in [0.5, 0.6) is 0 Å². The number of furan rings is 1. The fourth-order valence-corrected chi connectivity index (χ4v) is 4.06. The van der Waals surface area contributed by atoms with E-state index in [0.717, 1.165) is 18.6 Å². The van der Waals surface area contributed by atoms with Crippen LogP contribution in [0, 0.1) is 18.3 Å². The maximum absolute atomic E-state index is 12.9. The zero-order chi connectivity index (χ0) is 19.0. The number of nitriles is 1. The number of hydrogen-bond donors (Lipinski definition) is 0. The molecule has 6 heteroatoms. The number of aromatic nitrogens is 1. The molecule has 1 fully saturated rings. The van der Waals surface area contributed by atoms with Gasteiger partial charge in [-0.05, 0) is 31.9 Å². The predicted molar refractivity (Wildman–Crippen MR) is 103 cm³/mol. The third-order valence-corrected chi connectivity index (χ3v) is 5.50. The van der Waals surface area contributed by atoms with Gasteiger partial charge in [-0.1, -0.05) is 30.3 Å². The second kappa shape index (κ2) is 6.86. The lowest BCUT2D eigenvalue weighted by atomic mass is 10.1. The number of rotatable bonds is 4. The van der Waals surface area contributed by atoms with Crippen molar-refractivity contribution in [2.45, 2.75) is 25.8 Å². The molecule has 1 aromatic carbocycles. The van der Waals surface area contributed by atoms with E-state index >= 15 is 0 Å². The van der Waals surface area contributed by atoms with Crippen LogP contribution in [0.3, 0.4) is 0 Å². The molecule has 0 bridgehead atoms. The summed E-state index contributed by atoms with van der Waals surface area (Å²) >= 11 is 1.17. The van der Waals surface area contributed by atoms with E-state index in [-0.39, 0.29) is 23.0 Å². The Morgan fingerprint density at radius 2 is 2.00 bits per heavy atom. The number of benzene rings is 1. The number of carbonyl (C=O) groups excluding carboxylic acids is 1. The second-order valence-corrected chi connectivity index (χ2v) is 7.48. The molecule has 1 saturated carbocycles. The van der Waals surface area contributed by atoms with Crippen molar-refractivity contribution >= 4 is 28.8 Å². The third-order valence-electron chi connectivity index (χ3n) is 4.39. The highest BCUT2D eigenvalue weighted by Crippen LogP contribution is 2.32. The van der Waals surface area contributed by atoms with Crippen LogP contribution in [0.4, 0.5) is 0 Å². The van der Waals surface area contributed by atoms with Gasteiger partial charge in [0.05, 0.1) is 4.53 Å². The molecule has 1 aliphatic rings. The van der Waals surface area contributed by atoms with E-state index in [1.54, 1.807) is 41.0 Å². The normalized spacial score (nSPS) is 15.5. The Morgan fingerprint density at radius 1 is 1.26 bits per heavy atom. The van der Waals surface area contributed by atoms with Crippen molar-refractivity contribution in [1.82, 2.24) is 4.57 Å². The van der Waals surface area contributed by atoms with Crippen molar-refractivity contribution in [2.75, 3.05) is 0 Å². The lowest BCUT2D eigenvalue weighted by Crippen LogP contribution is -2.32. The van der Waals surface area contributed by atoms with Gasteiger partial charge >= 0.3 is 0 Å². The lowest BCUT2D eigenvalue weighted by Gasteiger charge is -2.01. The molecule has 5 nitrogen and oxygen atoms in total. The fraction of sp³-hybridized carbons (Fsp3) is 0.190. The van der Waals surface area contributed by atoms with Crippen LogP contribution in [0.2, 0.25) is 0 Å². The Morgan fingerprint density at radius 3 is 2.59 bits per heavy atom. The smallest absolute Gasteiger partial charge is 0.269 e. The molecule has 0 aliphatic heterocycles. The maximum Gasteiger partial charge on any atom is 0.269 e. The van der Waals surface area contributed by atoms with E-state index in [0.29, 0.717) is 20.5 Å². The topological polar surface area (TPSA) is 76.0 Å². The van der Waals surface area contributed by atoms with Gasteiger partial charge in [-0.3, -0.25) is 14.2 Å². The predicted octanol–water partition coefficient (Wildman–Crippen LogP) is 2.53. The van der Waals surface area contributed by atoms with Gasteiger partial charge in [0.1, 0.15) is 27.8 Å². The fourth-order valence-electron chi connectivity index (χ4n) is 2.92. The third kappa shape index (κ3) is 3.29. The van der Waals surface area contributed by atoms with Crippen LogP contribution in [0.25, 0.3) is 11.6 Å². The highest BCUT2D eigenvalue weighted by molar-refractivity contribution is 7.07. The number of carbonyl (C=O) groups is 1. The van der Waals surface area contributed by atoms with Gasteiger partial charge in [0.15, 0.2) is 0 Å². The van der Waals surface area contributed by atoms with Crippen LogP contribution in [0.1, 0.15) is 40.8 Å². The highest BCUT2D eigenvalue weighted by atomic mass is 32.1. The number of aryl methyl sites for hydroxylation is 1. The number of hydrogen-bond acceptors (Lipinski definition) is 5. The summed E-state index contributed by atoms with van der Waals surface area (Å²) in [7, 11) is 0. The van der Waals surface area contributed by atoms with Crippen LogP contribution < -0.4 is 14.8 Å². The average molecular weight is 376 g/mol. The van der Waals surface area contributed by atoms with Crippen molar-refractivity contribution in [2.24, 2.45) is 0 Å². The summed E-state index contributed by atoms with van der Waals surface area (Å²) < 4.78 is 8.02. The van der Waals surface area contributed by atoms with E-state index in [1.165, 1.54) is 11.3 Å². The number of nitrogens with zero attached hydrogens (tertiary/aromatic N) is 2. The van der Waals surface area contributed by atoms with Crippen LogP contribution in [-0.4, -0.2) is 10.4 Å². The Balaban J connectivity index is 1.96. The Labute approximate surface area is 159 Å². The summed E-state index contributed by atoms with van der Waals surface area (Å²) in [6, 6.07) is 14.4. The average Bonchev–Trinajstić information content (AvgIpc) is 3.35. The molecule has 0 atom stereocenters. The Kier molecular flexibility index (Phi) is 4.38. The molecule has 134 valence electrons. The van der Waals surface area contributed by atoms with Gasteiger partial charge in [0.2, 0.25) is 5.78 Å². The number of thiazole rings is 1. The first-order valence-electron chi connectivity index (χ1n) is 8.62. The molecule has 0 saturated heterocycles. The van der Waals surface area contributed by atoms with Crippen molar-refractivity contribution in [3.63, 3.8) is 0 Å². The standard InChI is InChI=1S/C21H16N2O3S/c1-13-7-10-16(26-13)11-18-20(25)23(15-8-9-15)21(27-18)17(12-22)19(24)14-5-3-2-4-6-14/h2-7,10-11,15H,8-9H2,1H3. The Bertz CT molecular complexity index is 1240. The van der Waals surface area contributed by atoms with Gasteiger partial charge in [0.25, 0.3) is 5.56 Å². The van der Waals surface area contributed by atoms with E-state index in [2.05, 4.69) is 0 Å². The molecule has 2 aromatic heterocycles. The minimum absolute atomic E-state index is 0.00507. The quantitative estimate of drug-likeness (QED) is 0.656. The van der Waals surface area contributed by atoms with Gasteiger partial charge in [0, 0.05) is 17.7 Å². The number of ketones is 1. The molecule has 27 heavy (non-hydrogen) atoms. The van der Waals surface area contributed by atoms with Crippen LogP contribution in [-0.2, 0) is 0 Å². The first-order valence-corrected chi connectivity index (χ1v) is 9.44. The monoisotopic (exact) mass is 376 g/mol. The van der Waals surface area contributed by atoms with Crippen molar-refractivity contribution in [3.05, 3.63) is 79.1 Å². The molecule has 0 amide bonds. The van der Waals surface area contributed by atoms with Gasteiger partial charge < -0.3 is 4.42 Å². The highest BCUT2D eigenvalue weighted by Gasteiger charge is 2.28. The summed E-state index contributed by atoms with van der Waals surface area (Å²) in [5.41, 5.74) is 0.259. The minimum atomic E-state index is -0.367. The number of Topliss-reactive ketones (excluding diaryl/α,β-unsaturated/α-hetero) is 1. The molecule has 3 aromatic rings. The van der Waals surface area contributed by atoms with Gasteiger partial charge in [-0.15, -0.1) is 11.3 Å². The maximum atomic E-state index is 12.9. The van der Waals surface area contributed by atoms with E-state index < -0.39 is 0 Å². The molecule has 4 rings (SSSR count). The van der Waals surface area contributed by atoms with Gasteiger partial charge in [-0.2, -0.15) is 5.26 Å². The van der Waals surface area contributed by atoms with E-state index in [1.807, 2.05) is 25.1 Å². The summed E-state index contributed by atoms with van der Waals surface area (Å²) in [5, 5.41) is 9.69. The molecule has 0 unspecified atom stereocenters. The molecular weight excluding hydrogens is 360 g/mol. The second-order valence-electron chi connectivity index (χ2n) is 6.45. The summed E-state index contributed by atoms with van der Waals surface area (Å²) in [5.74, 6) is 0.964. The Hall–Kier alpha value is -3.17. The summed E-state index contributed by atoms with van der Waals surface area (Å²) in [6.07, 6.45) is 3.42. The summed E-state index contributed by atoms with van der Waals surface area (Å²) in [4.78, 5) is 25.8. The van der Waals surface area contributed by atoms with Crippen molar-refractivity contribution in [3.8, 4) is 6.07 Å². The zero-order valence-electron chi connectivity index (χ0n) is 14.6. The zero-order valence-corrected chi connectivity index (χ0v) is 15.5. The first-order chi connectivity index (χ1) is 13.1. The van der Waals surface area contributed by atoms with E-state index in [4.69, 9.17) is 4.42 Å². The largest absolute Gasteiger partial charge is 0.462 e. The minimum Gasteiger partial charge on any atom is -0.462 e. The molecular formula is C21H16N2O3S. The SMILES string of the molecule is Cc1ccc(C=c2sc(=C(C#N)C(=O)c3ccccc3)n(C3CC3)c2=O)o1. The van der Waals surface area contributed by atoms with E-state index in [9.17, 15) is 14.9 Å². The molecule has 1 aliphatic carbocycles. The lowest BCUT2D eigenvalue weighted by molar-refractivity contribution is 0.105. The van der Waals surface area contributed by atoms with Crippen LogP contribution in [0.15, 0.2) is 51.7 Å². The molecule has 2 heterocycles. The molecule has 0 spiro atoms. The van der Waals surface area contributed by atoms with Crippen molar-refractivity contribution < 1.29 is 9.21 Å². The molecule has 0 N–H and O–H groups in total. The summed E-state index contributed by atoms with van der Waals surface area (Å²) in [6.45, 7) is 1.83. The molecule has 0 radical (unpaired) electrons. The van der Waals surface area contributed by atoms with Crippen molar-refractivity contribution in [1.29, 1.82) is 5.26 Å². The first kappa shape index (κ1) is 17.3. The van der Waals surface area contributed by atoms with Gasteiger partial charge in [-0.25, -0.2) is 0 Å². The van der Waals surface area contributed by atoms with Crippen LogP contribution >= 0.6 is 11.3 Å².